The van der Waals surface area contributed by atoms with Gasteiger partial charge in [-0.05, 0) is 34.1 Å². The van der Waals surface area contributed by atoms with Gasteiger partial charge in [-0.25, -0.2) is 0 Å². The van der Waals surface area contributed by atoms with E-state index in [-0.39, 0.29) is 53.5 Å². The molecular weight excluding hydrogens is 409 g/mol. The topological polar surface area (TPSA) is 72.0 Å². The van der Waals surface area contributed by atoms with Crippen molar-refractivity contribution in [2.45, 2.75) is 65.2 Å². The number of halogens is 1. The normalized spacial score (nSPS) is 26.6. The molecule has 1 aliphatic rings. The summed E-state index contributed by atoms with van der Waals surface area (Å²) < 4.78 is 10.9. The van der Waals surface area contributed by atoms with Gasteiger partial charge in [-0.1, -0.05) is 13.8 Å². The molecule has 0 spiro atoms. The molecule has 7 heteroatoms. The molecule has 1 saturated carbocycles. The molecule has 2 N–H and O–H groups in total. The fourth-order valence-electron chi connectivity index (χ4n) is 2.62. The second-order valence-electron chi connectivity index (χ2n) is 7.57. The van der Waals surface area contributed by atoms with Crippen LogP contribution in [0.15, 0.2) is 4.99 Å². The Bertz CT molecular complexity index is 446. The summed E-state index contributed by atoms with van der Waals surface area (Å²) in [6, 6.07) is 0.238. The number of methoxy groups -OCH3 is 1. The van der Waals surface area contributed by atoms with Gasteiger partial charge in [0.1, 0.15) is 12.1 Å². The summed E-state index contributed by atoms with van der Waals surface area (Å²) in [5, 5.41) is 6.35. The van der Waals surface area contributed by atoms with Gasteiger partial charge >= 0.3 is 5.97 Å². The molecule has 1 aliphatic carbocycles. The zero-order valence-corrected chi connectivity index (χ0v) is 17.9. The minimum absolute atomic E-state index is 0. The summed E-state index contributed by atoms with van der Waals surface area (Å²) in [6.07, 6.45) is 0.892. The molecule has 0 heterocycles. The predicted octanol–water partition coefficient (Wildman–Crippen LogP) is 2.31. The first kappa shape index (κ1) is 22.4. The van der Waals surface area contributed by atoms with E-state index in [9.17, 15) is 4.79 Å². The lowest BCUT2D eigenvalue weighted by atomic mass is 9.56. The third-order valence-corrected chi connectivity index (χ3v) is 4.63. The van der Waals surface area contributed by atoms with Gasteiger partial charge in [0, 0.05) is 25.6 Å². The Kier molecular flexibility index (Phi) is 7.81. The van der Waals surface area contributed by atoms with Gasteiger partial charge in [0.15, 0.2) is 5.96 Å². The van der Waals surface area contributed by atoms with Crippen molar-refractivity contribution in [3.05, 3.63) is 0 Å². The maximum absolute atomic E-state index is 11.7. The van der Waals surface area contributed by atoms with Crippen LogP contribution in [0.25, 0.3) is 0 Å². The fraction of sp³-hybridized carbons (Fsp3) is 0.875. The number of ether oxygens (including phenoxy) is 2. The molecule has 2 unspecified atom stereocenters. The van der Waals surface area contributed by atoms with Crippen molar-refractivity contribution < 1.29 is 14.3 Å². The number of rotatable bonds is 4. The fourth-order valence-corrected chi connectivity index (χ4v) is 2.62. The lowest BCUT2D eigenvalue weighted by molar-refractivity contribution is -0.176. The number of hydrogen-bond donors (Lipinski definition) is 2. The molecular formula is C16H32IN3O3. The first-order valence-electron chi connectivity index (χ1n) is 7.69. The quantitative estimate of drug-likeness (QED) is 0.303. The van der Waals surface area contributed by atoms with Crippen molar-refractivity contribution in [3.63, 3.8) is 0 Å². The zero-order chi connectivity index (χ0) is 17.2. The van der Waals surface area contributed by atoms with Crippen LogP contribution in [0, 0.1) is 5.41 Å². The van der Waals surface area contributed by atoms with Crippen molar-refractivity contribution in [1.29, 1.82) is 0 Å². The maximum Gasteiger partial charge on any atom is 0.325 e. The third-order valence-electron chi connectivity index (χ3n) is 4.63. The zero-order valence-electron chi connectivity index (χ0n) is 15.6. The standard InChI is InChI=1S/C16H31N3O3.HI/c1-14(2,3)22-12(20)10-18-13(17-7)19-11-9-16(6,21-8)15(11,4)5;/h11H,9-10H2,1-8H3,(H2,17,18,19);1H. The van der Waals surface area contributed by atoms with Crippen LogP contribution in [0.3, 0.4) is 0 Å². The average Bonchev–Trinajstić information content (AvgIpc) is 2.39. The molecule has 0 aromatic heterocycles. The van der Waals surface area contributed by atoms with Crippen molar-refractivity contribution in [1.82, 2.24) is 10.6 Å². The van der Waals surface area contributed by atoms with E-state index in [4.69, 9.17) is 9.47 Å². The Labute approximate surface area is 157 Å². The van der Waals surface area contributed by atoms with Crippen LogP contribution in [0.1, 0.15) is 48.0 Å². The molecule has 136 valence electrons. The molecule has 0 aliphatic heterocycles. The summed E-state index contributed by atoms with van der Waals surface area (Å²) in [5.74, 6) is 0.298. The van der Waals surface area contributed by atoms with Gasteiger partial charge in [-0.2, -0.15) is 0 Å². The number of carbonyl (C=O) groups excluding carboxylic acids is 1. The van der Waals surface area contributed by atoms with Gasteiger partial charge in [0.2, 0.25) is 0 Å². The summed E-state index contributed by atoms with van der Waals surface area (Å²) in [7, 11) is 3.43. The molecule has 2 atom stereocenters. The predicted molar refractivity (Wildman–Crippen MR) is 103 cm³/mol. The average molecular weight is 441 g/mol. The minimum atomic E-state index is -0.480. The monoisotopic (exact) mass is 441 g/mol. The van der Waals surface area contributed by atoms with E-state index in [1.807, 2.05) is 20.8 Å². The maximum atomic E-state index is 11.7. The number of esters is 1. The number of nitrogens with zero attached hydrogens (tertiary/aromatic N) is 1. The van der Waals surface area contributed by atoms with Crippen molar-refractivity contribution >= 4 is 35.9 Å². The lowest BCUT2D eigenvalue weighted by Crippen LogP contribution is -2.69. The van der Waals surface area contributed by atoms with Gasteiger partial charge in [-0.15, -0.1) is 24.0 Å². The van der Waals surface area contributed by atoms with E-state index >= 15 is 0 Å². The number of guanidine groups is 1. The highest BCUT2D eigenvalue weighted by Gasteiger charge is 2.58. The second kappa shape index (κ2) is 8.00. The Morgan fingerprint density at radius 1 is 1.30 bits per heavy atom. The Morgan fingerprint density at radius 2 is 1.87 bits per heavy atom. The lowest BCUT2D eigenvalue weighted by Gasteiger charge is -2.59. The summed E-state index contributed by atoms with van der Waals surface area (Å²) >= 11 is 0. The highest BCUT2D eigenvalue weighted by Crippen LogP contribution is 2.51. The van der Waals surface area contributed by atoms with Crippen LogP contribution in [-0.4, -0.2) is 49.9 Å². The summed E-state index contributed by atoms with van der Waals surface area (Å²) in [6.45, 7) is 12.1. The molecule has 1 rings (SSSR count). The molecule has 6 nitrogen and oxygen atoms in total. The van der Waals surface area contributed by atoms with E-state index in [0.717, 1.165) is 6.42 Å². The largest absolute Gasteiger partial charge is 0.459 e. The van der Waals surface area contributed by atoms with E-state index in [2.05, 4.69) is 36.4 Å². The third kappa shape index (κ3) is 5.48. The van der Waals surface area contributed by atoms with Gasteiger partial charge < -0.3 is 20.1 Å². The molecule has 0 aromatic carbocycles. The van der Waals surface area contributed by atoms with E-state index in [0.29, 0.717) is 5.96 Å². The molecule has 0 amide bonds. The number of hydrogen-bond acceptors (Lipinski definition) is 4. The smallest absolute Gasteiger partial charge is 0.325 e. The Balaban J connectivity index is 0.00000484. The molecule has 0 aromatic rings. The van der Waals surface area contributed by atoms with Crippen molar-refractivity contribution in [2.24, 2.45) is 10.4 Å². The van der Waals surface area contributed by atoms with Crippen LogP contribution < -0.4 is 10.6 Å². The Morgan fingerprint density at radius 3 is 2.26 bits per heavy atom. The van der Waals surface area contributed by atoms with Crippen LogP contribution in [0.5, 0.6) is 0 Å². The van der Waals surface area contributed by atoms with Gasteiger partial charge in [-0.3, -0.25) is 9.79 Å². The number of nitrogens with one attached hydrogen (secondary N) is 2. The second-order valence-corrected chi connectivity index (χ2v) is 7.57. The number of carbonyl (C=O) groups is 1. The Hall–Kier alpha value is -0.570. The van der Waals surface area contributed by atoms with E-state index in [1.165, 1.54) is 0 Å². The molecule has 23 heavy (non-hydrogen) atoms. The SMILES string of the molecule is CN=C(NCC(=O)OC(C)(C)C)NC1CC(C)(OC)C1(C)C.I. The number of aliphatic imine (C=N–C) groups is 1. The van der Waals surface area contributed by atoms with Crippen LogP contribution in [0.2, 0.25) is 0 Å². The van der Waals surface area contributed by atoms with Crippen LogP contribution in [0.4, 0.5) is 0 Å². The van der Waals surface area contributed by atoms with Gasteiger partial charge in [0.05, 0.1) is 5.60 Å². The van der Waals surface area contributed by atoms with E-state index < -0.39 is 5.60 Å². The molecule has 0 radical (unpaired) electrons. The van der Waals surface area contributed by atoms with Crippen molar-refractivity contribution in [3.8, 4) is 0 Å². The summed E-state index contributed by atoms with van der Waals surface area (Å²) in [5.41, 5.74) is -0.647. The van der Waals surface area contributed by atoms with Crippen molar-refractivity contribution in [2.75, 3.05) is 20.7 Å². The van der Waals surface area contributed by atoms with Gasteiger partial charge in [0.25, 0.3) is 0 Å². The highest BCUT2D eigenvalue weighted by molar-refractivity contribution is 14.0. The van der Waals surface area contributed by atoms with Crippen LogP contribution in [-0.2, 0) is 14.3 Å². The summed E-state index contributed by atoms with van der Waals surface area (Å²) in [4.78, 5) is 15.9. The molecule has 0 bridgehead atoms. The molecule has 1 fully saturated rings. The van der Waals surface area contributed by atoms with Crippen LogP contribution >= 0.6 is 24.0 Å². The highest BCUT2D eigenvalue weighted by atomic mass is 127. The minimum Gasteiger partial charge on any atom is -0.459 e. The first-order valence-corrected chi connectivity index (χ1v) is 7.69. The molecule has 0 saturated heterocycles. The van der Waals surface area contributed by atoms with E-state index in [1.54, 1.807) is 14.2 Å². The first-order chi connectivity index (χ1) is 9.95.